The lowest BCUT2D eigenvalue weighted by Gasteiger charge is -2.33. The van der Waals surface area contributed by atoms with Crippen molar-refractivity contribution >= 4 is 0 Å². The topological polar surface area (TPSA) is 51.8 Å². The Morgan fingerprint density at radius 2 is 2.21 bits per heavy atom. The van der Waals surface area contributed by atoms with Crippen molar-refractivity contribution in [2.75, 3.05) is 33.5 Å². The van der Waals surface area contributed by atoms with Crippen LogP contribution in [0.2, 0.25) is 0 Å². The Balaban J connectivity index is 1.59. The number of hydrogen-bond acceptors (Lipinski definition) is 5. The SMILES string of the molecule is CCOc1cc(CNC2CCCC2C2COCCN2)ccc1OC. The van der Waals surface area contributed by atoms with Crippen LogP contribution in [0.1, 0.15) is 31.7 Å². The van der Waals surface area contributed by atoms with Crippen molar-refractivity contribution in [3.05, 3.63) is 23.8 Å². The molecule has 0 bridgehead atoms. The Bertz CT molecular complexity index is 517. The van der Waals surface area contributed by atoms with E-state index in [1.165, 1.54) is 24.8 Å². The number of rotatable bonds is 7. The zero-order chi connectivity index (χ0) is 16.8. The van der Waals surface area contributed by atoms with Crippen LogP contribution in [0.25, 0.3) is 0 Å². The monoisotopic (exact) mass is 334 g/mol. The number of hydrogen-bond donors (Lipinski definition) is 2. The molecule has 1 aromatic rings. The second-order valence-corrected chi connectivity index (χ2v) is 6.64. The van der Waals surface area contributed by atoms with Gasteiger partial charge in [0.1, 0.15) is 0 Å². The van der Waals surface area contributed by atoms with Crippen LogP contribution in [0.5, 0.6) is 11.5 Å². The standard InChI is InChI=1S/C19H30N2O3/c1-3-24-19-11-14(7-8-18(19)22-2)12-21-16-6-4-5-15(16)17-13-23-10-9-20-17/h7-8,11,15-17,20-21H,3-6,9-10,12-13H2,1-2H3. The molecule has 1 aliphatic carbocycles. The van der Waals surface area contributed by atoms with Gasteiger partial charge < -0.3 is 24.8 Å². The number of methoxy groups -OCH3 is 1. The third kappa shape index (κ3) is 4.21. The molecule has 2 fully saturated rings. The predicted molar refractivity (Wildman–Crippen MR) is 94.7 cm³/mol. The average Bonchev–Trinajstić information content (AvgIpc) is 3.10. The molecule has 3 atom stereocenters. The summed E-state index contributed by atoms with van der Waals surface area (Å²) in [5.74, 6) is 2.28. The normalized spacial score (nSPS) is 27.2. The van der Waals surface area contributed by atoms with Gasteiger partial charge in [-0.25, -0.2) is 0 Å². The minimum atomic E-state index is 0.494. The maximum absolute atomic E-state index is 5.68. The molecule has 3 rings (SSSR count). The summed E-state index contributed by atoms with van der Waals surface area (Å²) in [6, 6.07) is 7.24. The zero-order valence-corrected chi connectivity index (χ0v) is 14.8. The predicted octanol–water partition coefficient (Wildman–Crippen LogP) is 2.34. The molecule has 1 saturated carbocycles. The molecular formula is C19H30N2O3. The summed E-state index contributed by atoms with van der Waals surface area (Å²) in [7, 11) is 1.68. The fourth-order valence-electron chi connectivity index (χ4n) is 3.93. The van der Waals surface area contributed by atoms with E-state index in [2.05, 4.69) is 22.8 Å². The van der Waals surface area contributed by atoms with E-state index in [9.17, 15) is 0 Å². The summed E-state index contributed by atoms with van der Waals surface area (Å²) in [4.78, 5) is 0. The molecule has 1 aromatic carbocycles. The summed E-state index contributed by atoms with van der Waals surface area (Å²) in [5.41, 5.74) is 1.23. The summed E-state index contributed by atoms with van der Waals surface area (Å²) in [5, 5.41) is 7.39. The van der Waals surface area contributed by atoms with Crippen LogP contribution in [0.15, 0.2) is 18.2 Å². The van der Waals surface area contributed by atoms with Gasteiger partial charge in [0.25, 0.3) is 0 Å². The first-order valence-corrected chi connectivity index (χ1v) is 9.16. The van der Waals surface area contributed by atoms with Gasteiger partial charge in [0.15, 0.2) is 11.5 Å². The number of morpholine rings is 1. The maximum Gasteiger partial charge on any atom is 0.161 e. The fraction of sp³-hybridized carbons (Fsp3) is 0.684. The van der Waals surface area contributed by atoms with Gasteiger partial charge in [0.05, 0.1) is 26.9 Å². The minimum absolute atomic E-state index is 0.494. The quantitative estimate of drug-likeness (QED) is 0.802. The fourth-order valence-corrected chi connectivity index (χ4v) is 3.93. The highest BCUT2D eigenvalue weighted by atomic mass is 16.5. The first-order valence-electron chi connectivity index (χ1n) is 9.16. The van der Waals surface area contributed by atoms with E-state index in [0.29, 0.717) is 24.6 Å². The van der Waals surface area contributed by atoms with E-state index in [0.717, 1.165) is 37.8 Å². The smallest absolute Gasteiger partial charge is 0.161 e. The molecule has 0 radical (unpaired) electrons. The Morgan fingerprint density at radius 1 is 1.29 bits per heavy atom. The van der Waals surface area contributed by atoms with Crippen molar-refractivity contribution in [2.45, 2.75) is 44.8 Å². The molecule has 0 spiro atoms. The number of benzene rings is 1. The van der Waals surface area contributed by atoms with Crippen molar-refractivity contribution in [1.82, 2.24) is 10.6 Å². The zero-order valence-electron chi connectivity index (χ0n) is 14.8. The van der Waals surface area contributed by atoms with Gasteiger partial charge in [-0.1, -0.05) is 12.5 Å². The summed E-state index contributed by atoms with van der Waals surface area (Å²) >= 11 is 0. The Hall–Kier alpha value is -1.30. The van der Waals surface area contributed by atoms with Gasteiger partial charge in [-0.05, 0) is 43.4 Å². The second kappa shape index (κ2) is 8.70. The van der Waals surface area contributed by atoms with Crippen molar-refractivity contribution in [3.8, 4) is 11.5 Å². The van der Waals surface area contributed by atoms with Crippen molar-refractivity contribution in [1.29, 1.82) is 0 Å². The van der Waals surface area contributed by atoms with Crippen LogP contribution in [0.3, 0.4) is 0 Å². The molecule has 5 nitrogen and oxygen atoms in total. The lowest BCUT2D eigenvalue weighted by molar-refractivity contribution is 0.0524. The molecule has 2 aliphatic rings. The van der Waals surface area contributed by atoms with Gasteiger partial charge in [-0.15, -0.1) is 0 Å². The van der Waals surface area contributed by atoms with Crippen LogP contribution in [0, 0.1) is 5.92 Å². The average molecular weight is 334 g/mol. The lowest BCUT2D eigenvalue weighted by atomic mass is 9.94. The molecule has 2 N–H and O–H groups in total. The van der Waals surface area contributed by atoms with E-state index in [1.807, 2.05) is 13.0 Å². The molecule has 134 valence electrons. The lowest BCUT2D eigenvalue weighted by Crippen LogP contribution is -2.50. The highest BCUT2D eigenvalue weighted by molar-refractivity contribution is 5.42. The molecule has 3 unspecified atom stereocenters. The van der Waals surface area contributed by atoms with E-state index in [1.54, 1.807) is 7.11 Å². The van der Waals surface area contributed by atoms with Crippen LogP contribution in [0.4, 0.5) is 0 Å². The second-order valence-electron chi connectivity index (χ2n) is 6.64. The molecule has 5 heteroatoms. The van der Waals surface area contributed by atoms with Gasteiger partial charge in [-0.3, -0.25) is 0 Å². The molecule has 0 aromatic heterocycles. The highest BCUT2D eigenvalue weighted by Crippen LogP contribution is 2.31. The Kier molecular flexibility index (Phi) is 6.35. The van der Waals surface area contributed by atoms with Crippen LogP contribution >= 0.6 is 0 Å². The maximum atomic E-state index is 5.68. The third-order valence-electron chi connectivity index (χ3n) is 5.13. The van der Waals surface area contributed by atoms with E-state index < -0.39 is 0 Å². The summed E-state index contributed by atoms with van der Waals surface area (Å²) in [6.45, 7) is 6.16. The highest BCUT2D eigenvalue weighted by Gasteiger charge is 2.34. The van der Waals surface area contributed by atoms with E-state index >= 15 is 0 Å². The molecule has 1 aliphatic heterocycles. The molecule has 0 amide bonds. The van der Waals surface area contributed by atoms with Gasteiger partial charge >= 0.3 is 0 Å². The van der Waals surface area contributed by atoms with Gasteiger partial charge in [-0.2, -0.15) is 0 Å². The van der Waals surface area contributed by atoms with E-state index in [4.69, 9.17) is 14.2 Å². The first-order chi connectivity index (χ1) is 11.8. The van der Waals surface area contributed by atoms with Gasteiger partial charge in [0, 0.05) is 25.2 Å². The minimum Gasteiger partial charge on any atom is -0.493 e. The van der Waals surface area contributed by atoms with Crippen molar-refractivity contribution < 1.29 is 14.2 Å². The van der Waals surface area contributed by atoms with Crippen LogP contribution in [-0.4, -0.2) is 45.6 Å². The summed E-state index contributed by atoms with van der Waals surface area (Å²) in [6.07, 6.45) is 3.83. The molecular weight excluding hydrogens is 304 g/mol. The molecule has 1 saturated heterocycles. The number of ether oxygens (including phenoxy) is 3. The molecule has 1 heterocycles. The van der Waals surface area contributed by atoms with Crippen LogP contribution in [-0.2, 0) is 11.3 Å². The molecule has 24 heavy (non-hydrogen) atoms. The summed E-state index contributed by atoms with van der Waals surface area (Å²) < 4.78 is 16.7. The van der Waals surface area contributed by atoms with Crippen molar-refractivity contribution in [3.63, 3.8) is 0 Å². The van der Waals surface area contributed by atoms with Crippen LogP contribution < -0.4 is 20.1 Å². The Labute approximate surface area is 145 Å². The number of nitrogens with one attached hydrogen (secondary N) is 2. The largest absolute Gasteiger partial charge is 0.493 e. The first kappa shape index (κ1) is 17.5. The van der Waals surface area contributed by atoms with Crippen molar-refractivity contribution in [2.24, 2.45) is 5.92 Å². The Morgan fingerprint density at radius 3 is 2.96 bits per heavy atom. The van der Waals surface area contributed by atoms with E-state index in [-0.39, 0.29) is 0 Å². The van der Waals surface area contributed by atoms with Gasteiger partial charge in [0.2, 0.25) is 0 Å². The third-order valence-corrected chi connectivity index (χ3v) is 5.13.